The summed E-state index contributed by atoms with van der Waals surface area (Å²) in [5.74, 6) is 0.0616. The minimum atomic E-state index is -0.643. The van der Waals surface area contributed by atoms with E-state index in [1.165, 1.54) is 11.3 Å². The first-order chi connectivity index (χ1) is 12.6. The fraction of sp³-hybridized carbons (Fsp3) is 0.412. The largest absolute Gasteiger partial charge is 0.392 e. The van der Waals surface area contributed by atoms with Crippen molar-refractivity contribution in [1.82, 2.24) is 9.97 Å². The van der Waals surface area contributed by atoms with E-state index in [0.717, 1.165) is 37.7 Å². The van der Waals surface area contributed by atoms with Gasteiger partial charge in [-0.25, -0.2) is 14.8 Å². The lowest BCUT2D eigenvalue weighted by Crippen LogP contribution is -2.22. The summed E-state index contributed by atoms with van der Waals surface area (Å²) in [6.45, 7) is 2.23. The molecule has 0 bridgehead atoms. The quantitative estimate of drug-likeness (QED) is 0.455. The maximum atomic E-state index is 12.5. The van der Waals surface area contributed by atoms with Crippen LogP contribution in [0.4, 0.5) is 5.13 Å². The number of nitrogen functional groups attached to an aromatic ring is 1. The molecule has 0 radical (unpaired) electrons. The molecule has 1 saturated carbocycles. The van der Waals surface area contributed by atoms with Crippen LogP contribution < -0.4 is 5.73 Å². The molecule has 1 fully saturated rings. The third-order valence-electron chi connectivity index (χ3n) is 4.05. The SMILES string of the molecule is CC1CCC(ON=C(C(=O)OSc2ccccn2)c2csc(N)n2)CC1. The van der Waals surface area contributed by atoms with Crippen molar-refractivity contribution in [3.63, 3.8) is 0 Å². The van der Waals surface area contributed by atoms with Gasteiger partial charge in [0.2, 0.25) is 5.71 Å². The van der Waals surface area contributed by atoms with Gasteiger partial charge in [0.1, 0.15) is 28.9 Å². The molecule has 1 aliphatic carbocycles. The van der Waals surface area contributed by atoms with Crippen molar-refractivity contribution < 1.29 is 13.8 Å². The number of aromatic nitrogens is 2. The zero-order valence-electron chi connectivity index (χ0n) is 14.3. The smallest absolute Gasteiger partial charge is 0.375 e. The third-order valence-corrected chi connectivity index (χ3v) is 5.38. The Balaban J connectivity index is 1.68. The Morgan fingerprint density at radius 2 is 2.15 bits per heavy atom. The molecule has 2 aromatic heterocycles. The van der Waals surface area contributed by atoms with Crippen LogP contribution in [0.3, 0.4) is 0 Å². The molecule has 7 nitrogen and oxygen atoms in total. The molecule has 0 aliphatic heterocycles. The molecule has 0 atom stereocenters. The normalized spacial score (nSPS) is 20.6. The Bertz CT molecular complexity index is 758. The molecule has 0 saturated heterocycles. The van der Waals surface area contributed by atoms with Crippen molar-refractivity contribution in [3.05, 3.63) is 35.5 Å². The first-order valence-corrected chi connectivity index (χ1v) is 9.99. The number of thiazole rings is 1. The second kappa shape index (κ2) is 9.00. The molecule has 0 aromatic carbocycles. The Hall–Kier alpha value is -2.13. The summed E-state index contributed by atoms with van der Waals surface area (Å²) < 4.78 is 5.24. The highest BCUT2D eigenvalue weighted by Gasteiger charge is 2.24. The zero-order valence-corrected chi connectivity index (χ0v) is 16.0. The van der Waals surface area contributed by atoms with E-state index in [2.05, 4.69) is 22.0 Å². The van der Waals surface area contributed by atoms with Crippen molar-refractivity contribution in [2.24, 2.45) is 11.1 Å². The van der Waals surface area contributed by atoms with Crippen molar-refractivity contribution in [1.29, 1.82) is 0 Å². The molecule has 138 valence electrons. The highest BCUT2D eigenvalue weighted by atomic mass is 32.2. The highest BCUT2D eigenvalue weighted by molar-refractivity contribution is 7.95. The fourth-order valence-corrected chi connectivity index (χ4v) is 3.59. The second-order valence-corrected chi connectivity index (χ2v) is 7.76. The summed E-state index contributed by atoms with van der Waals surface area (Å²) in [6.07, 6.45) is 5.68. The summed E-state index contributed by atoms with van der Waals surface area (Å²) in [5, 5.41) is 6.65. The Morgan fingerprint density at radius 1 is 1.35 bits per heavy atom. The number of hydrogen-bond donors (Lipinski definition) is 1. The number of carbonyl (C=O) groups is 1. The van der Waals surface area contributed by atoms with Crippen LogP contribution in [-0.4, -0.2) is 27.8 Å². The summed E-state index contributed by atoms with van der Waals surface area (Å²) in [6, 6.07) is 5.34. The first kappa shape index (κ1) is 18.7. The number of anilines is 1. The molecule has 3 rings (SSSR count). The van der Waals surface area contributed by atoms with Gasteiger partial charge in [-0.1, -0.05) is 18.1 Å². The van der Waals surface area contributed by atoms with E-state index < -0.39 is 5.97 Å². The van der Waals surface area contributed by atoms with Gasteiger partial charge in [-0.05, 0) is 43.7 Å². The van der Waals surface area contributed by atoms with Crippen LogP contribution in [0, 0.1) is 5.92 Å². The van der Waals surface area contributed by atoms with Crippen molar-refractivity contribution in [3.8, 4) is 0 Å². The highest BCUT2D eigenvalue weighted by Crippen LogP contribution is 2.26. The summed E-state index contributed by atoms with van der Waals surface area (Å²) in [5.41, 5.74) is 6.04. The molecule has 2 aromatic rings. The van der Waals surface area contributed by atoms with Gasteiger partial charge in [-0.15, -0.1) is 11.3 Å². The lowest BCUT2D eigenvalue weighted by molar-refractivity contribution is -0.126. The van der Waals surface area contributed by atoms with Crippen LogP contribution in [0.2, 0.25) is 0 Å². The van der Waals surface area contributed by atoms with Crippen LogP contribution in [-0.2, 0) is 13.8 Å². The number of nitrogens with zero attached hydrogens (tertiary/aromatic N) is 3. The lowest BCUT2D eigenvalue weighted by Gasteiger charge is -2.24. The molecule has 0 spiro atoms. The van der Waals surface area contributed by atoms with Crippen LogP contribution in [0.1, 0.15) is 38.3 Å². The van der Waals surface area contributed by atoms with Gasteiger partial charge in [0.25, 0.3) is 0 Å². The van der Waals surface area contributed by atoms with Crippen LogP contribution in [0.5, 0.6) is 0 Å². The van der Waals surface area contributed by atoms with E-state index in [-0.39, 0.29) is 11.8 Å². The van der Waals surface area contributed by atoms with Crippen molar-refractivity contribution in [2.45, 2.75) is 43.7 Å². The zero-order chi connectivity index (χ0) is 18.4. The molecule has 9 heteroatoms. The van der Waals surface area contributed by atoms with Gasteiger partial charge in [-0.3, -0.25) is 0 Å². The van der Waals surface area contributed by atoms with E-state index in [4.69, 9.17) is 14.8 Å². The maximum Gasteiger partial charge on any atom is 0.375 e. The average molecular weight is 393 g/mol. The number of hydrogen-bond acceptors (Lipinski definition) is 9. The van der Waals surface area contributed by atoms with E-state index in [1.807, 2.05) is 6.07 Å². The summed E-state index contributed by atoms with van der Waals surface area (Å²) >= 11 is 2.10. The van der Waals surface area contributed by atoms with E-state index in [0.29, 0.717) is 21.8 Å². The van der Waals surface area contributed by atoms with Gasteiger partial charge < -0.3 is 14.8 Å². The fourth-order valence-electron chi connectivity index (χ4n) is 2.56. The number of carbonyl (C=O) groups excluding carboxylic acids is 1. The van der Waals surface area contributed by atoms with Gasteiger partial charge in [0, 0.05) is 11.6 Å². The molecule has 26 heavy (non-hydrogen) atoms. The van der Waals surface area contributed by atoms with E-state index in [1.54, 1.807) is 23.7 Å². The molecule has 2 heterocycles. The molecule has 2 N–H and O–H groups in total. The topological polar surface area (TPSA) is 99.7 Å². The summed E-state index contributed by atoms with van der Waals surface area (Å²) in [7, 11) is 0. The number of pyridine rings is 1. The first-order valence-electron chi connectivity index (χ1n) is 8.37. The Labute approximate surface area is 160 Å². The van der Waals surface area contributed by atoms with E-state index in [9.17, 15) is 4.79 Å². The number of rotatable bonds is 6. The lowest BCUT2D eigenvalue weighted by atomic mass is 9.89. The van der Waals surface area contributed by atoms with Crippen molar-refractivity contribution in [2.75, 3.05) is 5.73 Å². The Morgan fingerprint density at radius 3 is 2.81 bits per heavy atom. The van der Waals surface area contributed by atoms with Gasteiger partial charge in [0.05, 0.1) is 0 Å². The van der Waals surface area contributed by atoms with Crippen LogP contribution in [0.25, 0.3) is 0 Å². The van der Waals surface area contributed by atoms with Gasteiger partial charge in [0.15, 0.2) is 5.13 Å². The maximum absolute atomic E-state index is 12.5. The molecular formula is C17H20N4O3S2. The second-order valence-electron chi connectivity index (χ2n) is 6.12. The molecule has 0 amide bonds. The minimum absolute atomic E-state index is 0.00780. The number of oxime groups is 1. The third kappa shape index (κ3) is 5.18. The van der Waals surface area contributed by atoms with Gasteiger partial charge >= 0.3 is 5.97 Å². The molecule has 1 aliphatic rings. The van der Waals surface area contributed by atoms with Crippen molar-refractivity contribution >= 4 is 40.2 Å². The van der Waals surface area contributed by atoms with Gasteiger partial charge in [-0.2, -0.15) is 0 Å². The number of nitrogens with two attached hydrogens (primary N) is 1. The molecular weight excluding hydrogens is 372 g/mol. The standard InChI is InChI=1S/C17H20N4O3S2/c1-11-5-7-12(8-6-11)23-21-15(13-10-25-17(18)20-13)16(22)24-26-14-4-2-3-9-19-14/h2-4,9-12H,5-8H2,1H3,(H2,18,20). The summed E-state index contributed by atoms with van der Waals surface area (Å²) in [4.78, 5) is 26.3. The monoisotopic (exact) mass is 392 g/mol. The minimum Gasteiger partial charge on any atom is -0.392 e. The Kier molecular flexibility index (Phi) is 6.45. The van der Waals surface area contributed by atoms with E-state index >= 15 is 0 Å². The predicted octanol–water partition coefficient (Wildman–Crippen LogP) is 3.67. The van der Waals surface area contributed by atoms with Crippen LogP contribution >= 0.6 is 23.4 Å². The van der Waals surface area contributed by atoms with Crippen LogP contribution in [0.15, 0.2) is 40.0 Å². The predicted molar refractivity (Wildman–Crippen MR) is 102 cm³/mol. The molecule has 0 unspecified atom stereocenters. The average Bonchev–Trinajstić information content (AvgIpc) is 3.08.